The first-order chi connectivity index (χ1) is 11.4. The van der Waals surface area contributed by atoms with Gasteiger partial charge in [-0.1, -0.05) is 12.1 Å². The van der Waals surface area contributed by atoms with Gasteiger partial charge in [0.15, 0.2) is 0 Å². The van der Waals surface area contributed by atoms with Gasteiger partial charge in [-0.15, -0.1) is 0 Å². The molecule has 6 heteroatoms. The molecule has 1 aromatic heterocycles. The molecule has 0 unspecified atom stereocenters. The number of nitrogens with zero attached hydrogens (tertiary/aromatic N) is 3. The van der Waals surface area contributed by atoms with Crippen LogP contribution in [-0.4, -0.2) is 44.3 Å². The molecule has 1 aliphatic carbocycles. The molecule has 3 rings (SSSR count). The van der Waals surface area contributed by atoms with Crippen molar-refractivity contribution in [2.75, 3.05) is 6.54 Å². The lowest BCUT2D eigenvalue weighted by Gasteiger charge is -2.20. The smallest absolute Gasteiger partial charge is 0.323 e. The summed E-state index contributed by atoms with van der Waals surface area (Å²) < 4.78 is 1.92. The van der Waals surface area contributed by atoms with Crippen LogP contribution < -0.4 is 0 Å². The Morgan fingerprint density at radius 1 is 1.25 bits per heavy atom. The molecule has 0 radical (unpaired) electrons. The number of carboxylic acids is 1. The molecule has 1 heterocycles. The molecule has 1 N–H and O–H groups in total. The summed E-state index contributed by atoms with van der Waals surface area (Å²) in [6.45, 7) is 4.38. The van der Waals surface area contributed by atoms with Gasteiger partial charge in [0, 0.05) is 17.3 Å². The third-order valence-electron chi connectivity index (χ3n) is 4.19. The van der Waals surface area contributed by atoms with Crippen LogP contribution in [0.3, 0.4) is 0 Å². The van der Waals surface area contributed by atoms with E-state index in [1.165, 1.54) is 4.90 Å². The van der Waals surface area contributed by atoms with Crippen molar-refractivity contribution in [1.29, 1.82) is 0 Å². The Morgan fingerprint density at radius 3 is 2.42 bits per heavy atom. The van der Waals surface area contributed by atoms with Crippen molar-refractivity contribution in [3.8, 4) is 0 Å². The largest absolute Gasteiger partial charge is 0.480 e. The normalized spacial score (nSPS) is 13.8. The summed E-state index contributed by atoms with van der Waals surface area (Å²) >= 11 is 0. The lowest BCUT2D eigenvalue weighted by molar-refractivity contribution is -0.137. The van der Waals surface area contributed by atoms with Crippen molar-refractivity contribution < 1.29 is 14.7 Å². The van der Waals surface area contributed by atoms with Crippen LogP contribution in [0.25, 0.3) is 0 Å². The number of aliphatic carboxylic acids is 1. The van der Waals surface area contributed by atoms with Gasteiger partial charge in [-0.05, 0) is 50.5 Å². The average molecular weight is 327 g/mol. The molecule has 0 saturated heterocycles. The number of rotatable bonds is 6. The predicted molar refractivity (Wildman–Crippen MR) is 88.9 cm³/mol. The third-order valence-corrected chi connectivity index (χ3v) is 4.19. The Balaban J connectivity index is 1.72. The predicted octanol–water partition coefficient (Wildman–Crippen LogP) is 2.24. The summed E-state index contributed by atoms with van der Waals surface area (Å²) in [5.74, 6) is -1.19. The van der Waals surface area contributed by atoms with E-state index >= 15 is 0 Å². The molecular formula is C18H21N3O3. The second-order valence-corrected chi connectivity index (χ2v) is 6.34. The van der Waals surface area contributed by atoms with Crippen LogP contribution in [0.2, 0.25) is 0 Å². The monoisotopic (exact) mass is 327 g/mol. The fourth-order valence-electron chi connectivity index (χ4n) is 2.83. The Labute approximate surface area is 140 Å². The zero-order valence-corrected chi connectivity index (χ0v) is 13.9. The summed E-state index contributed by atoms with van der Waals surface area (Å²) in [6, 6.07) is 9.42. The second-order valence-electron chi connectivity index (χ2n) is 6.34. The lowest BCUT2D eigenvalue weighted by Crippen LogP contribution is -2.37. The zero-order chi connectivity index (χ0) is 17.3. The van der Waals surface area contributed by atoms with Crippen LogP contribution in [0.4, 0.5) is 0 Å². The van der Waals surface area contributed by atoms with Gasteiger partial charge in [0.2, 0.25) is 0 Å². The Morgan fingerprint density at radius 2 is 1.92 bits per heavy atom. The molecule has 6 nitrogen and oxygen atoms in total. The highest BCUT2D eigenvalue weighted by molar-refractivity contribution is 5.96. The number of hydrogen-bond acceptors (Lipinski definition) is 3. The van der Waals surface area contributed by atoms with Gasteiger partial charge < -0.3 is 10.0 Å². The topological polar surface area (TPSA) is 75.4 Å². The van der Waals surface area contributed by atoms with E-state index in [1.807, 2.05) is 36.7 Å². The number of aromatic nitrogens is 2. The SMILES string of the molecule is Cc1cc(C)n(Cc2ccc(C(=O)N(CC(=O)O)C3CC3)cc2)n1. The maximum Gasteiger partial charge on any atom is 0.323 e. The number of benzene rings is 1. The molecule has 2 aromatic rings. The highest BCUT2D eigenvalue weighted by Crippen LogP contribution is 2.28. The number of aryl methyl sites for hydroxylation is 2. The van der Waals surface area contributed by atoms with E-state index in [0.29, 0.717) is 12.1 Å². The minimum Gasteiger partial charge on any atom is -0.480 e. The first-order valence-electron chi connectivity index (χ1n) is 8.07. The summed E-state index contributed by atoms with van der Waals surface area (Å²) in [5.41, 5.74) is 3.65. The minimum absolute atomic E-state index is 0.0722. The molecule has 0 atom stereocenters. The number of hydrogen-bond donors (Lipinski definition) is 1. The van der Waals surface area contributed by atoms with E-state index in [2.05, 4.69) is 5.10 Å². The van der Waals surface area contributed by atoms with Gasteiger partial charge in [0.1, 0.15) is 6.54 Å². The van der Waals surface area contributed by atoms with Crippen LogP contribution in [-0.2, 0) is 11.3 Å². The van der Waals surface area contributed by atoms with Crippen molar-refractivity contribution in [3.05, 3.63) is 52.8 Å². The standard InChI is InChI=1S/C18H21N3O3/c1-12-9-13(2)21(19-12)10-14-3-5-15(6-4-14)18(24)20(11-17(22)23)16-7-8-16/h3-6,9,16H,7-8,10-11H2,1-2H3,(H,22,23). The fourth-order valence-corrected chi connectivity index (χ4v) is 2.83. The Kier molecular flexibility index (Phi) is 4.38. The number of amides is 1. The number of carboxylic acid groups (broad SMARTS) is 1. The number of carbonyl (C=O) groups excluding carboxylic acids is 1. The van der Waals surface area contributed by atoms with Crippen LogP contribution in [0, 0.1) is 13.8 Å². The molecule has 24 heavy (non-hydrogen) atoms. The first-order valence-corrected chi connectivity index (χ1v) is 8.07. The van der Waals surface area contributed by atoms with Crippen molar-refractivity contribution in [3.63, 3.8) is 0 Å². The molecule has 0 aliphatic heterocycles. The van der Waals surface area contributed by atoms with Gasteiger partial charge in [-0.3, -0.25) is 14.3 Å². The summed E-state index contributed by atoms with van der Waals surface area (Å²) in [4.78, 5) is 25.0. The molecular weight excluding hydrogens is 306 g/mol. The lowest BCUT2D eigenvalue weighted by atomic mass is 10.1. The molecule has 1 aromatic carbocycles. The maximum absolute atomic E-state index is 12.5. The molecule has 1 aliphatic rings. The number of carbonyl (C=O) groups is 2. The van der Waals surface area contributed by atoms with E-state index in [4.69, 9.17) is 5.11 Å². The van der Waals surface area contributed by atoms with Crippen LogP contribution in [0.15, 0.2) is 30.3 Å². The molecule has 1 amide bonds. The zero-order valence-electron chi connectivity index (χ0n) is 13.9. The van der Waals surface area contributed by atoms with Gasteiger partial charge in [0.05, 0.1) is 12.2 Å². The van der Waals surface area contributed by atoms with E-state index in [0.717, 1.165) is 29.8 Å². The van der Waals surface area contributed by atoms with Crippen molar-refractivity contribution in [1.82, 2.24) is 14.7 Å². The van der Waals surface area contributed by atoms with Gasteiger partial charge in [-0.25, -0.2) is 0 Å². The average Bonchev–Trinajstić information content (AvgIpc) is 3.31. The van der Waals surface area contributed by atoms with Crippen LogP contribution in [0.1, 0.15) is 40.2 Å². The third kappa shape index (κ3) is 3.64. The minimum atomic E-state index is -0.976. The van der Waals surface area contributed by atoms with Crippen molar-refractivity contribution >= 4 is 11.9 Å². The Hall–Kier alpha value is -2.63. The molecule has 0 bridgehead atoms. The van der Waals surface area contributed by atoms with Gasteiger partial charge in [-0.2, -0.15) is 5.10 Å². The Bertz CT molecular complexity index is 760. The quantitative estimate of drug-likeness (QED) is 0.883. The van der Waals surface area contributed by atoms with Crippen LogP contribution in [0.5, 0.6) is 0 Å². The summed E-state index contributed by atoms with van der Waals surface area (Å²) in [7, 11) is 0. The highest BCUT2D eigenvalue weighted by atomic mass is 16.4. The van der Waals surface area contributed by atoms with Gasteiger partial charge >= 0.3 is 5.97 Å². The molecule has 1 saturated carbocycles. The van der Waals surface area contributed by atoms with Crippen molar-refractivity contribution in [2.24, 2.45) is 0 Å². The second kappa shape index (κ2) is 6.47. The fraction of sp³-hybridized carbons (Fsp3) is 0.389. The van der Waals surface area contributed by atoms with Crippen LogP contribution >= 0.6 is 0 Å². The molecule has 126 valence electrons. The van der Waals surface area contributed by atoms with E-state index in [1.54, 1.807) is 12.1 Å². The summed E-state index contributed by atoms with van der Waals surface area (Å²) in [5, 5.41) is 13.4. The molecule has 1 fully saturated rings. The van der Waals surface area contributed by atoms with E-state index in [-0.39, 0.29) is 18.5 Å². The van der Waals surface area contributed by atoms with Gasteiger partial charge in [0.25, 0.3) is 5.91 Å². The van der Waals surface area contributed by atoms with E-state index < -0.39 is 5.97 Å². The first kappa shape index (κ1) is 16.2. The van der Waals surface area contributed by atoms with Crippen molar-refractivity contribution in [2.45, 2.75) is 39.3 Å². The maximum atomic E-state index is 12.5. The molecule has 0 spiro atoms. The van der Waals surface area contributed by atoms with E-state index in [9.17, 15) is 9.59 Å². The summed E-state index contributed by atoms with van der Waals surface area (Å²) in [6.07, 6.45) is 1.77. The highest BCUT2D eigenvalue weighted by Gasteiger charge is 2.34.